The number of benzene rings is 1. The minimum Gasteiger partial charge on any atom is -0.377 e. The van der Waals surface area contributed by atoms with Crippen LogP contribution in [0.25, 0.3) is 0 Å². The summed E-state index contributed by atoms with van der Waals surface area (Å²) >= 11 is 4.22. The third kappa shape index (κ3) is 6.40. The molecule has 2 aromatic rings. The van der Waals surface area contributed by atoms with Gasteiger partial charge in [0.1, 0.15) is 23.7 Å². The molecule has 0 saturated carbocycles. The first-order valence-corrected chi connectivity index (χ1v) is 9.99. The van der Waals surface area contributed by atoms with Crippen LogP contribution in [0.2, 0.25) is 0 Å². The minimum absolute atomic E-state index is 0.226. The molecule has 0 saturated heterocycles. The molecule has 0 aliphatic carbocycles. The van der Waals surface area contributed by atoms with E-state index in [0.717, 1.165) is 18.3 Å². The van der Waals surface area contributed by atoms with Gasteiger partial charge in [-0.05, 0) is 30.2 Å². The van der Waals surface area contributed by atoms with Crippen LogP contribution in [-0.4, -0.2) is 23.0 Å². The predicted molar refractivity (Wildman–Crippen MR) is 120 cm³/mol. The van der Waals surface area contributed by atoms with Crippen molar-refractivity contribution in [2.24, 2.45) is 27.1 Å². The first kappa shape index (κ1) is 26.0. The van der Waals surface area contributed by atoms with Crippen molar-refractivity contribution in [3.63, 3.8) is 0 Å². The van der Waals surface area contributed by atoms with Crippen LogP contribution in [0.1, 0.15) is 30.7 Å². The Hall–Kier alpha value is -3.23. The van der Waals surface area contributed by atoms with E-state index in [9.17, 15) is 13.9 Å². The van der Waals surface area contributed by atoms with Gasteiger partial charge in [-0.2, -0.15) is 8.78 Å². The molecule has 1 heterocycles. The maximum atomic E-state index is 15.5. The van der Waals surface area contributed by atoms with Crippen LogP contribution >= 0.6 is 12.6 Å². The molecule has 3 N–H and O–H groups in total. The van der Waals surface area contributed by atoms with Gasteiger partial charge >= 0.3 is 5.92 Å². The quantitative estimate of drug-likeness (QED) is 0.0797. The molecule has 1 aromatic carbocycles. The molecule has 0 aliphatic heterocycles. The van der Waals surface area contributed by atoms with Gasteiger partial charge in [-0.1, -0.05) is 37.0 Å². The predicted octanol–water partition coefficient (Wildman–Crippen LogP) is 4.51. The lowest BCUT2D eigenvalue weighted by Gasteiger charge is -2.34. The number of aliphatic hydroxyl groups is 1. The molecular formula is C22H21F4N5OS. The molecule has 0 spiro atoms. The average molecular weight is 480 g/mol. The Kier molecular flexibility index (Phi) is 8.73. The van der Waals surface area contributed by atoms with E-state index < -0.39 is 41.0 Å². The summed E-state index contributed by atoms with van der Waals surface area (Å²) < 4.78 is 58.7. The third-order valence-corrected chi connectivity index (χ3v) is 4.59. The number of aromatic nitrogens is 1. The maximum Gasteiger partial charge on any atom is 0.323 e. The summed E-state index contributed by atoms with van der Waals surface area (Å²) in [7, 11) is 0. The summed E-state index contributed by atoms with van der Waals surface area (Å²) in [4.78, 5) is 7.75. The van der Waals surface area contributed by atoms with E-state index in [2.05, 4.69) is 44.8 Å². The summed E-state index contributed by atoms with van der Waals surface area (Å²) in [6.07, 6.45) is 3.61. The summed E-state index contributed by atoms with van der Waals surface area (Å²) in [5.74, 6) is 4.01. The molecule has 11 heteroatoms. The second-order valence-electron chi connectivity index (χ2n) is 7.22. The summed E-state index contributed by atoms with van der Waals surface area (Å²) in [5, 5.41) is 17.0. The Morgan fingerprint density at radius 3 is 2.58 bits per heavy atom. The number of aliphatic imine (C=N–C) groups is 1. The molecule has 174 valence electrons. The molecule has 1 atom stereocenters. The highest BCUT2D eigenvalue weighted by atomic mass is 32.1. The molecule has 0 fully saturated rings. The number of thiol groups is 1. The number of allylic oxidation sites excluding steroid dienone is 2. The second-order valence-corrected chi connectivity index (χ2v) is 7.71. The van der Waals surface area contributed by atoms with Gasteiger partial charge in [0.05, 0.1) is 11.4 Å². The van der Waals surface area contributed by atoms with Crippen LogP contribution in [0.4, 0.5) is 17.6 Å². The van der Waals surface area contributed by atoms with Crippen LogP contribution in [0.5, 0.6) is 0 Å². The first-order chi connectivity index (χ1) is 15.5. The molecule has 33 heavy (non-hydrogen) atoms. The zero-order valence-electron chi connectivity index (χ0n) is 17.7. The monoisotopic (exact) mass is 479 g/mol. The van der Waals surface area contributed by atoms with Gasteiger partial charge in [-0.25, -0.2) is 8.78 Å². The Balaban J connectivity index is 2.49. The molecule has 0 amide bonds. The zero-order valence-corrected chi connectivity index (χ0v) is 18.6. The maximum absolute atomic E-state index is 15.5. The fourth-order valence-electron chi connectivity index (χ4n) is 2.78. The van der Waals surface area contributed by atoms with E-state index in [-0.39, 0.29) is 5.92 Å². The van der Waals surface area contributed by atoms with Crippen molar-refractivity contribution in [2.45, 2.75) is 25.4 Å². The molecule has 1 unspecified atom stereocenters. The number of rotatable bonds is 7. The molecule has 0 radical (unpaired) electrons. The number of nitrogens with zero attached hydrogens (tertiary/aromatic N) is 4. The van der Waals surface area contributed by atoms with Gasteiger partial charge in [0, 0.05) is 23.4 Å². The lowest BCUT2D eigenvalue weighted by atomic mass is 9.84. The fraction of sp³-hybridized carbons (Fsp3) is 0.273. The number of nitrogens with two attached hydrogens (primary N) is 1. The third-order valence-electron chi connectivity index (χ3n) is 4.33. The first-order valence-electron chi connectivity index (χ1n) is 9.54. The molecule has 2 rings (SSSR count). The van der Waals surface area contributed by atoms with Crippen molar-refractivity contribution in [2.75, 3.05) is 6.54 Å². The van der Waals surface area contributed by atoms with Crippen LogP contribution in [0.15, 0.2) is 62.8 Å². The summed E-state index contributed by atoms with van der Waals surface area (Å²) in [6, 6.07) is 4.06. The molecular weight excluding hydrogens is 458 g/mol. The van der Waals surface area contributed by atoms with Gasteiger partial charge in [0.15, 0.2) is 5.60 Å². The molecule has 1 aromatic heterocycles. The van der Waals surface area contributed by atoms with Crippen molar-refractivity contribution >= 4 is 19.0 Å². The minimum atomic E-state index is -4.15. The standard InChI is InChI=1S/C22H21F4N5OS/c1-14(2)9-17(33)6-3-15-4-8-20(29-11-15)22(25,26)21(32,12-28-13-30-31-27)18-7-5-16(23)10-19(18)24/h4-5,7-11,13-14,32-33H,12H2,1-2H3,(H2,27,28,30)/b17-9-. The van der Waals surface area contributed by atoms with E-state index in [1.165, 1.54) is 6.07 Å². The lowest BCUT2D eigenvalue weighted by Crippen LogP contribution is -2.47. The van der Waals surface area contributed by atoms with Crippen molar-refractivity contribution in [1.82, 2.24) is 4.98 Å². The van der Waals surface area contributed by atoms with Crippen LogP contribution in [-0.2, 0) is 11.5 Å². The Labute approximate surface area is 193 Å². The van der Waals surface area contributed by atoms with Gasteiger partial charge in [-0.3, -0.25) is 9.98 Å². The number of pyridine rings is 1. The van der Waals surface area contributed by atoms with Gasteiger partial charge in [-0.15, -0.1) is 17.7 Å². The van der Waals surface area contributed by atoms with Crippen LogP contribution < -0.4 is 5.84 Å². The molecule has 6 nitrogen and oxygen atoms in total. The normalized spacial score (nSPS) is 14.5. The number of alkyl halides is 2. The van der Waals surface area contributed by atoms with Crippen LogP contribution in [0, 0.1) is 29.4 Å². The van der Waals surface area contributed by atoms with E-state index in [4.69, 9.17) is 5.84 Å². The summed E-state index contributed by atoms with van der Waals surface area (Å²) in [5.41, 5.74) is -4.67. The van der Waals surface area contributed by atoms with Gasteiger partial charge in [0.25, 0.3) is 0 Å². The number of hydrogen-bond acceptors (Lipinski definition) is 5. The molecule has 0 bridgehead atoms. The smallest absolute Gasteiger partial charge is 0.323 e. The Morgan fingerprint density at radius 1 is 1.27 bits per heavy atom. The lowest BCUT2D eigenvalue weighted by molar-refractivity contribution is -0.193. The SMILES string of the molecule is CC(C)/C=C(\S)C#Cc1ccc(C(F)(F)C(O)(CN=CN=NN)c2ccc(F)cc2F)nc1. The van der Waals surface area contributed by atoms with Crippen molar-refractivity contribution in [3.8, 4) is 11.8 Å². The van der Waals surface area contributed by atoms with E-state index in [1.807, 2.05) is 19.9 Å². The highest BCUT2D eigenvalue weighted by Gasteiger charge is 2.57. The topological polar surface area (TPSA) is 96.2 Å². The number of halogens is 4. The summed E-state index contributed by atoms with van der Waals surface area (Å²) in [6.45, 7) is 2.85. The second kappa shape index (κ2) is 11.1. The van der Waals surface area contributed by atoms with Crippen molar-refractivity contribution < 1.29 is 22.7 Å². The van der Waals surface area contributed by atoms with Crippen molar-refractivity contribution in [1.29, 1.82) is 0 Å². The highest BCUT2D eigenvalue weighted by Crippen LogP contribution is 2.45. The van der Waals surface area contributed by atoms with E-state index in [1.54, 1.807) is 0 Å². The highest BCUT2D eigenvalue weighted by molar-refractivity contribution is 7.84. The molecule has 0 aliphatic rings. The largest absolute Gasteiger partial charge is 0.377 e. The van der Waals surface area contributed by atoms with Crippen LogP contribution in [0.3, 0.4) is 0 Å². The average Bonchev–Trinajstić information content (AvgIpc) is 2.75. The van der Waals surface area contributed by atoms with Crippen molar-refractivity contribution in [3.05, 3.63) is 76.0 Å². The van der Waals surface area contributed by atoms with Gasteiger partial charge < -0.3 is 10.9 Å². The van der Waals surface area contributed by atoms with Gasteiger partial charge in [0.2, 0.25) is 0 Å². The van der Waals surface area contributed by atoms with E-state index >= 15 is 8.78 Å². The Bertz CT molecular complexity index is 1120. The van der Waals surface area contributed by atoms with E-state index in [0.29, 0.717) is 28.9 Å². The fourth-order valence-corrected chi connectivity index (χ4v) is 3.13. The zero-order chi connectivity index (χ0) is 24.6. The Morgan fingerprint density at radius 2 is 2.00 bits per heavy atom. The number of hydrogen-bond donors (Lipinski definition) is 3.